The smallest absolute Gasteiger partial charge is 0.271 e. The number of hydrazone groups is 1. The predicted molar refractivity (Wildman–Crippen MR) is 95.7 cm³/mol. The lowest BCUT2D eigenvalue weighted by atomic mass is 10.1. The summed E-state index contributed by atoms with van der Waals surface area (Å²) in [4.78, 5) is 24.5. The van der Waals surface area contributed by atoms with Gasteiger partial charge in [-0.2, -0.15) is 5.10 Å². The summed E-state index contributed by atoms with van der Waals surface area (Å²) in [7, 11) is 0. The number of nitrogens with one attached hydrogen (secondary N) is 1. The average Bonchev–Trinajstić information content (AvgIpc) is 2.60. The molecular weight excluding hydrogens is 349 g/mol. The number of amides is 2. The monoisotopic (exact) mass is 361 g/mol. The highest BCUT2D eigenvalue weighted by atomic mass is 35.5. The van der Waals surface area contributed by atoms with Crippen LogP contribution in [0.3, 0.4) is 0 Å². The summed E-state index contributed by atoms with van der Waals surface area (Å²) in [6.45, 7) is 0. The Kier molecular flexibility index (Phi) is 4.83. The molecule has 0 bridgehead atoms. The van der Waals surface area contributed by atoms with Gasteiger partial charge < -0.3 is 5.32 Å². The van der Waals surface area contributed by atoms with Crippen LogP contribution in [0.25, 0.3) is 0 Å². The first-order valence-corrected chi connectivity index (χ1v) is 8.02. The summed E-state index contributed by atoms with van der Waals surface area (Å²) in [5, 5.41) is 8.74. The third kappa shape index (κ3) is 3.42. The Bertz CT molecular complexity index is 822. The van der Waals surface area contributed by atoms with Crippen molar-refractivity contribution >= 4 is 52.1 Å². The zero-order chi connectivity index (χ0) is 17.1. The van der Waals surface area contributed by atoms with Crippen LogP contribution in [-0.2, 0) is 9.59 Å². The molecule has 0 unspecified atom stereocenters. The number of hydrogen-bond donors (Lipinski definition) is 1. The summed E-state index contributed by atoms with van der Waals surface area (Å²) in [6.07, 6.45) is 0.483. The molecule has 2 aromatic carbocycles. The number of rotatable bonds is 3. The highest BCUT2D eigenvalue weighted by Crippen LogP contribution is 2.29. The Morgan fingerprint density at radius 1 is 1.04 bits per heavy atom. The second kappa shape index (κ2) is 7.03. The van der Waals surface area contributed by atoms with Crippen LogP contribution in [0.5, 0.6) is 0 Å². The van der Waals surface area contributed by atoms with Crippen LogP contribution in [0, 0.1) is 0 Å². The number of nitrogens with zero attached hydrogens (tertiary/aromatic N) is 2. The van der Waals surface area contributed by atoms with Crippen molar-refractivity contribution in [1.29, 1.82) is 0 Å². The van der Waals surface area contributed by atoms with Gasteiger partial charge in [-0.1, -0.05) is 47.5 Å². The summed E-state index contributed by atoms with van der Waals surface area (Å²) in [6, 6.07) is 13.9. The molecule has 0 aliphatic carbocycles. The lowest BCUT2D eigenvalue weighted by Crippen LogP contribution is -2.36. The second-order valence-corrected chi connectivity index (χ2v) is 5.93. The van der Waals surface area contributed by atoms with E-state index in [1.807, 2.05) is 6.07 Å². The minimum Gasteiger partial charge on any atom is -0.319 e. The normalized spacial score (nSPS) is 14.3. The standard InChI is InChI=1S/C17H13Cl2N3O2/c18-12-7-4-8-13(16(12)19)20-17(24)14-9-10-15(23)22(21-14)11-5-2-1-3-6-11/h1-8H,9-10H2,(H,20,24). The van der Waals surface area contributed by atoms with Crippen LogP contribution in [0.2, 0.25) is 10.0 Å². The molecule has 0 aromatic heterocycles. The molecule has 0 atom stereocenters. The maximum atomic E-state index is 12.4. The Hall–Kier alpha value is -2.37. The Labute approximate surface area is 148 Å². The van der Waals surface area contributed by atoms with Gasteiger partial charge in [0.05, 0.1) is 21.4 Å². The second-order valence-electron chi connectivity index (χ2n) is 5.14. The van der Waals surface area contributed by atoms with Crippen LogP contribution in [0.4, 0.5) is 11.4 Å². The van der Waals surface area contributed by atoms with E-state index in [4.69, 9.17) is 23.2 Å². The lowest BCUT2D eigenvalue weighted by Gasteiger charge is -2.23. The summed E-state index contributed by atoms with van der Waals surface area (Å²) < 4.78 is 0. The molecule has 2 aromatic rings. The van der Waals surface area contributed by atoms with Gasteiger partial charge in [0.1, 0.15) is 5.71 Å². The average molecular weight is 362 g/mol. The topological polar surface area (TPSA) is 61.8 Å². The van der Waals surface area contributed by atoms with Gasteiger partial charge in [-0.15, -0.1) is 0 Å². The molecule has 0 saturated heterocycles. The van der Waals surface area contributed by atoms with Crippen molar-refractivity contribution in [3.8, 4) is 0 Å². The van der Waals surface area contributed by atoms with Crippen LogP contribution in [0.15, 0.2) is 53.6 Å². The van der Waals surface area contributed by atoms with Gasteiger partial charge in [-0.25, -0.2) is 5.01 Å². The van der Waals surface area contributed by atoms with Crippen molar-refractivity contribution in [2.75, 3.05) is 10.3 Å². The number of anilines is 2. The van der Waals surface area contributed by atoms with E-state index in [9.17, 15) is 9.59 Å². The zero-order valence-corrected chi connectivity index (χ0v) is 14.0. The predicted octanol–water partition coefficient (Wildman–Crippen LogP) is 4.11. The quantitative estimate of drug-likeness (QED) is 0.893. The lowest BCUT2D eigenvalue weighted by molar-refractivity contribution is -0.118. The van der Waals surface area contributed by atoms with Crippen molar-refractivity contribution in [3.63, 3.8) is 0 Å². The molecule has 1 heterocycles. The fourth-order valence-electron chi connectivity index (χ4n) is 2.28. The van der Waals surface area contributed by atoms with E-state index >= 15 is 0 Å². The van der Waals surface area contributed by atoms with Crippen molar-refractivity contribution in [2.45, 2.75) is 12.8 Å². The van der Waals surface area contributed by atoms with Gasteiger partial charge in [0.15, 0.2) is 0 Å². The van der Waals surface area contributed by atoms with Crippen LogP contribution >= 0.6 is 23.2 Å². The van der Waals surface area contributed by atoms with Crippen LogP contribution in [-0.4, -0.2) is 17.5 Å². The fourth-order valence-corrected chi connectivity index (χ4v) is 2.63. The maximum Gasteiger partial charge on any atom is 0.271 e. The number of carbonyl (C=O) groups is 2. The number of para-hydroxylation sites is 1. The van der Waals surface area contributed by atoms with Crippen molar-refractivity contribution < 1.29 is 9.59 Å². The molecule has 24 heavy (non-hydrogen) atoms. The molecule has 0 spiro atoms. The molecular formula is C17H13Cl2N3O2. The number of carbonyl (C=O) groups excluding carboxylic acids is 2. The number of halogens is 2. The first-order valence-electron chi connectivity index (χ1n) is 7.27. The number of benzene rings is 2. The first kappa shape index (κ1) is 16.5. The molecule has 7 heteroatoms. The molecule has 122 valence electrons. The minimum atomic E-state index is -0.410. The summed E-state index contributed by atoms with van der Waals surface area (Å²) >= 11 is 12.0. The third-order valence-corrected chi connectivity index (χ3v) is 4.31. The number of hydrogen-bond acceptors (Lipinski definition) is 3. The molecule has 3 rings (SSSR count). The Balaban J connectivity index is 1.84. The summed E-state index contributed by atoms with van der Waals surface area (Å²) in [5.41, 5.74) is 1.28. The van der Waals surface area contributed by atoms with E-state index < -0.39 is 5.91 Å². The van der Waals surface area contributed by atoms with Crippen LogP contribution in [0.1, 0.15) is 12.8 Å². The van der Waals surface area contributed by atoms with E-state index in [-0.39, 0.29) is 29.5 Å². The molecule has 1 aliphatic heterocycles. The largest absolute Gasteiger partial charge is 0.319 e. The minimum absolute atomic E-state index is 0.154. The first-order chi connectivity index (χ1) is 11.6. The molecule has 1 aliphatic rings. The van der Waals surface area contributed by atoms with E-state index in [0.717, 1.165) is 0 Å². The van der Waals surface area contributed by atoms with Gasteiger partial charge in [0.2, 0.25) is 5.91 Å². The zero-order valence-electron chi connectivity index (χ0n) is 12.5. The molecule has 2 amide bonds. The Morgan fingerprint density at radius 2 is 1.79 bits per heavy atom. The van der Waals surface area contributed by atoms with Gasteiger partial charge in [-0.3, -0.25) is 9.59 Å². The van der Waals surface area contributed by atoms with Crippen molar-refractivity contribution in [3.05, 3.63) is 58.6 Å². The van der Waals surface area contributed by atoms with Crippen LogP contribution < -0.4 is 10.3 Å². The molecule has 1 N–H and O–H groups in total. The van der Waals surface area contributed by atoms with E-state index in [1.165, 1.54) is 5.01 Å². The summed E-state index contributed by atoms with van der Waals surface area (Å²) in [5.74, 6) is -0.564. The maximum absolute atomic E-state index is 12.4. The van der Waals surface area contributed by atoms with Crippen molar-refractivity contribution in [2.24, 2.45) is 5.10 Å². The fraction of sp³-hybridized carbons (Fsp3) is 0.118. The third-order valence-electron chi connectivity index (χ3n) is 3.50. The molecule has 0 saturated carbocycles. The van der Waals surface area contributed by atoms with E-state index in [0.29, 0.717) is 16.4 Å². The van der Waals surface area contributed by atoms with E-state index in [2.05, 4.69) is 10.4 Å². The SMILES string of the molecule is O=C(Nc1cccc(Cl)c1Cl)C1=NN(c2ccccc2)C(=O)CC1. The van der Waals surface area contributed by atoms with E-state index in [1.54, 1.807) is 42.5 Å². The van der Waals surface area contributed by atoms with Gasteiger partial charge in [0.25, 0.3) is 5.91 Å². The van der Waals surface area contributed by atoms with Gasteiger partial charge in [-0.05, 0) is 24.3 Å². The van der Waals surface area contributed by atoms with Gasteiger partial charge in [0, 0.05) is 12.8 Å². The highest BCUT2D eigenvalue weighted by Gasteiger charge is 2.25. The van der Waals surface area contributed by atoms with Gasteiger partial charge >= 0.3 is 0 Å². The Morgan fingerprint density at radius 3 is 2.54 bits per heavy atom. The molecule has 5 nitrogen and oxygen atoms in total. The molecule has 0 fully saturated rings. The molecule has 0 radical (unpaired) electrons. The highest BCUT2D eigenvalue weighted by molar-refractivity contribution is 6.47. The van der Waals surface area contributed by atoms with Crippen molar-refractivity contribution in [1.82, 2.24) is 0 Å².